The molecular weight excluding hydrogens is 166 g/mol. The van der Waals surface area contributed by atoms with Crippen LogP contribution in [0.4, 0.5) is 0 Å². The normalized spacial score (nSPS) is 23.2. The number of carboxylic acids is 1. The van der Waals surface area contributed by atoms with Crippen molar-refractivity contribution in [2.24, 2.45) is 0 Å². The van der Waals surface area contributed by atoms with E-state index in [-0.39, 0.29) is 0 Å². The van der Waals surface area contributed by atoms with Crippen LogP contribution in [0.2, 0.25) is 0 Å². The minimum absolute atomic E-state index is 0.312. The first kappa shape index (κ1) is 9.00. The van der Waals surface area contributed by atoms with Gasteiger partial charge in [0.2, 0.25) is 0 Å². The summed E-state index contributed by atoms with van der Waals surface area (Å²) in [7, 11) is 0. The van der Waals surface area contributed by atoms with Gasteiger partial charge in [-0.05, 0) is 25.7 Å². The fourth-order valence-electron chi connectivity index (χ4n) is 2.01. The topological polar surface area (TPSA) is 40.5 Å². The van der Waals surface area contributed by atoms with Gasteiger partial charge in [-0.25, -0.2) is 0 Å². The molecule has 2 fully saturated rings. The van der Waals surface area contributed by atoms with Gasteiger partial charge in [-0.2, -0.15) is 0 Å². The molecule has 3 heteroatoms. The van der Waals surface area contributed by atoms with Crippen molar-refractivity contribution < 1.29 is 9.90 Å². The Balaban J connectivity index is 1.78. The lowest BCUT2D eigenvalue weighted by Crippen LogP contribution is -2.42. The van der Waals surface area contributed by atoms with Crippen LogP contribution in [0.3, 0.4) is 0 Å². The first-order valence-electron chi connectivity index (χ1n) is 5.25. The lowest BCUT2D eigenvalue weighted by Gasteiger charge is -2.37. The summed E-state index contributed by atoms with van der Waals surface area (Å²) in [4.78, 5) is 12.9. The molecule has 0 spiro atoms. The Kier molecular flexibility index (Phi) is 2.54. The lowest BCUT2D eigenvalue weighted by molar-refractivity contribution is -0.137. The van der Waals surface area contributed by atoms with E-state index in [4.69, 9.17) is 5.11 Å². The molecule has 0 amide bonds. The second-order valence-corrected chi connectivity index (χ2v) is 4.20. The zero-order valence-corrected chi connectivity index (χ0v) is 7.91. The van der Waals surface area contributed by atoms with E-state index in [0.29, 0.717) is 12.5 Å². The molecular formula is C10H17NO2. The summed E-state index contributed by atoms with van der Waals surface area (Å²) in [6.45, 7) is 0.769. The summed E-state index contributed by atoms with van der Waals surface area (Å²) in [5.41, 5.74) is 0. The van der Waals surface area contributed by atoms with Crippen LogP contribution in [0.5, 0.6) is 0 Å². The highest BCUT2D eigenvalue weighted by atomic mass is 16.4. The Hall–Kier alpha value is -0.570. The second kappa shape index (κ2) is 3.66. The van der Waals surface area contributed by atoms with E-state index in [0.717, 1.165) is 12.6 Å². The molecule has 0 aromatic heterocycles. The average molecular weight is 183 g/mol. The van der Waals surface area contributed by atoms with Gasteiger partial charge in [0, 0.05) is 18.6 Å². The van der Waals surface area contributed by atoms with E-state index in [1.165, 1.54) is 32.1 Å². The number of carbonyl (C=O) groups is 1. The zero-order chi connectivity index (χ0) is 9.26. The van der Waals surface area contributed by atoms with Crippen molar-refractivity contribution in [2.75, 3.05) is 6.54 Å². The Morgan fingerprint density at radius 2 is 1.85 bits per heavy atom. The summed E-state index contributed by atoms with van der Waals surface area (Å²) in [6, 6.07) is 1.44. The standard InChI is InChI=1S/C10H17NO2/c12-10(13)6-7-11(9-4-5-9)8-2-1-3-8/h8-9H,1-7H2,(H,12,13). The molecule has 0 radical (unpaired) electrons. The summed E-state index contributed by atoms with van der Waals surface area (Å²) in [6.07, 6.45) is 6.80. The van der Waals surface area contributed by atoms with Crippen molar-refractivity contribution in [3.63, 3.8) is 0 Å². The molecule has 2 rings (SSSR count). The predicted octanol–water partition coefficient (Wildman–Crippen LogP) is 1.48. The van der Waals surface area contributed by atoms with Gasteiger partial charge >= 0.3 is 5.97 Å². The zero-order valence-electron chi connectivity index (χ0n) is 7.91. The molecule has 13 heavy (non-hydrogen) atoms. The maximum atomic E-state index is 10.4. The molecule has 0 heterocycles. The summed E-state index contributed by atoms with van der Waals surface area (Å²) in [5.74, 6) is -0.662. The Bertz CT molecular complexity index is 197. The van der Waals surface area contributed by atoms with Gasteiger partial charge < -0.3 is 5.11 Å². The van der Waals surface area contributed by atoms with Gasteiger partial charge in [-0.15, -0.1) is 0 Å². The molecule has 0 aromatic carbocycles. The van der Waals surface area contributed by atoms with Crippen LogP contribution in [0, 0.1) is 0 Å². The predicted molar refractivity (Wildman–Crippen MR) is 49.6 cm³/mol. The Labute approximate surface area is 78.7 Å². The fraction of sp³-hybridized carbons (Fsp3) is 0.900. The highest BCUT2D eigenvalue weighted by Gasteiger charge is 2.36. The third kappa shape index (κ3) is 2.21. The van der Waals surface area contributed by atoms with Crippen LogP contribution in [0.15, 0.2) is 0 Å². The van der Waals surface area contributed by atoms with Gasteiger partial charge in [0.15, 0.2) is 0 Å². The second-order valence-electron chi connectivity index (χ2n) is 4.20. The average Bonchev–Trinajstić information content (AvgIpc) is 2.75. The van der Waals surface area contributed by atoms with Crippen molar-refractivity contribution in [3.05, 3.63) is 0 Å². The molecule has 0 bridgehead atoms. The molecule has 0 atom stereocenters. The van der Waals surface area contributed by atoms with Crippen molar-refractivity contribution in [1.29, 1.82) is 0 Å². The maximum absolute atomic E-state index is 10.4. The molecule has 0 aromatic rings. The van der Waals surface area contributed by atoms with Crippen molar-refractivity contribution in [1.82, 2.24) is 4.90 Å². The highest BCUT2D eigenvalue weighted by Crippen LogP contribution is 2.35. The van der Waals surface area contributed by atoms with E-state index in [2.05, 4.69) is 4.90 Å². The first-order valence-corrected chi connectivity index (χ1v) is 5.25. The van der Waals surface area contributed by atoms with Gasteiger partial charge in [-0.3, -0.25) is 9.69 Å². The molecule has 0 aliphatic heterocycles. The van der Waals surface area contributed by atoms with Crippen molar-refractivity contribution in [3.8, 4) is 0 Å². The SMILES string of the molecule is O=C(O)CCN(C1CCC1)C1CC1. The van der Waals surface area contributed by atoms with E-state index in [9.17, 15) is 4.79 Å². The highest BCUT2D eigenvalue weighted by molar-refractivity contribution is 5.66. The van der Waals surface area contributed by atoms with E-state index >= 15 is 0 Å². The van der Waals surface area contributed by atoms with E-state index in [1.54, 1.807) is 0 Å². The molecule has 74 valence electrons. The van der Waals surface area contributed by atoms with Gasteiger partial charge in [-0.1, -0.05) is 6.42 Å². The largest absolute Gasteiger partial charge is 0.481 e. The number of hydrogen-bond donors (Lipinski definition) is 1. The molecule has 2 aliphatic rings. The molecule has 0 unspecified atom stereocenters. The minimum atomic E-state index is -0.662. The monoisotopic (exact) mass is 183 g/mol. The Morgan fingerprint density at radius 3 is 2.23 bits per heavy atom. The molecule has 0 saturated heterocycles. The number of rotatable bonds is 5. The summed E-state index contributed by atoms with van der Waals surface area (Å²) >= 11 is 0. The third-order valence-electron chi connectivity index (χ3n) is 3.14. The number of nitrogens with zero attached hydrogens (tertiary/aromatic N) is 1. The van der Waals surface area contributed by atoms with Crippen LogP contribution in [0.1, 0.15) is 38.5 Å². The van der Waals surface area contributed by atoms with Gasteiger partial charge in [0.05, 0.1) is 6.42 Å². The summed E-state index contributed by atoms with van der Waals surface area (Å²) in [5, 5.41) is 8.61. The number of hydrogen-bond acceptors (Lipinski definition) is 2. The Morgan fingerprint density at radius 1 is 1.23 bits per heavy atom. The van der Waals surface area contributed by atoms with E-state index in [1.807, 2.05) is 0 Å². The smallest absolute Gasteiger partial charge is 0.304 e. The molecule has 1 N–H and O–H groups in total. The van der Waals surface area contributed by atoms with Gasteiger partial charge in [0.25, 0.3) is 0 Å². The van der Waals surface area contributed by atoms with Crippen molar-refractivity contribution in [2.45, 2.75) is 50.6 Å². The van der Waals surface area contributed by atoms with Crippen LogP contribution < -0.4 is 0 Å². The molecule has 3 nitrogen and oxygen atoms in total. The quantitative estimate of drug-likeness (QED) is 0.701. The maximum Gasteiger partial charge on any atom is 0.304 e. The third-order valence-corrected chi connectivity index (χ3v) is 3.14. The van der Waals surface area contributed by atoms with Crippen molar-refractivity contribution >= 4 is 5.97 Å². The van der Waals surface area contributed by atoms with E-state index < -0.39 is 5.97 Å². The van der Waals surface area contributed by atoms with Gasteiger partial charge in [0.1, 0.15) is 0 Å². The number of carboxylic acid groups (broad SMARTS) is 1. The molecule has 2 saturated carbocycles. The molecule has 2 aliphatic carbocycles. The van der Waals surface area contributed by atoms with Crippen LogP contribution in [-0.2, 0) is 4.79 Å². The van der Waals surface area contributed by atoms with Crippen LogP contribution >= 0.6 is 0 Å². The lowest BCUT2D eigenvalue weighted by atomic mass is 9.91. The number of aliphatic carboxylic acids is 1. The van der Waals surface area contributed by atoms with Crippen LogP contribution in [0.25, 0.3) is 0 Å². The first-order chi connectivity index (χ1) is 6.27. The van der Waals surface area contributed by atoms with Crippen LogP contribution in [-0.4, -0.2) is 34.6 Å². The minimum Gasteiger partial charge on any atom is -0.481 e. The fourth-order valence-corrected chi connectivity index (χ4v) is 2.01. The summed E-state index contributed by atoms with van der Waals surface area (Å²) < 4.78 is 0.